The second-order valence-electron chi connectivity index (χ2n) is 12.0. The second kappa shape index (κ2) is 8.28. The molecule has 1 aliphatic carbocycles. The first-order valence-corrected chi connectivity index (χ1v) is 12.9. The maximum atomic E-state index is 13.0. The number of nitriles is 1. The predicted octanol–water partition coefficient (Wildman–Crippen LogP) is 3.39. The molecule has 194 valence electrons. The van der Waals surface area contributed by atoms with Gasteiger partial charge in [-0.1, -0.05) is 6.42 Å². The summed E-state index contributed by atoms with van der Waals surface area (Å²) in [5.74, 6) is 2.55. The number of carbonyl (C=O) groups excluding carboxylic acids is 1. The molecular weight excluding hydrogens is 470 g/mol. The Kier molecular flexibility index (Phi) is 5.35. The number of carbonyl (C=O) groups is 1. The molecule has 4 aliphatic rings. The maximum Gasteiger partial charge on any atom is 0.410 e. The van der Waals surface area contributed by atoms with Gasteiger partial charge in [-0.05, 0) is 45.7 Å². The summed E-state index contributed by atoms with van der Waals surface area (Å²) in [6.45, 7) is 9.06. The van der Waals surface area contributed by atoms with Crippen LogP contribution in [0.4, 0.5) is 22.2 Å². The molecule has 10 heteroatoms. The maximum absolute atomic E-state index is 13.0. The van der Waals surface area contributed by atoms with E-state index in [1.807, 2.05) is 33.9 Å². The van der Waals surface area contributed by atoms with Gasteiger partial charge in [0.25, 0.3) is 0 Å². The first-order chi connectivity index (χ1) is 17.6. The highest BCUT2D eigenvalue weighted by Crippen LogP contribution is 2.57. The van der Waals surface area contributed by atoms with Gasteiger partial charge in [0.2, 0.25) is 0 Å². The lowest BCUT2D eigenvalue weighted by molar-refractivity contribution is -0.128. The van der Waals surface area contributed by atoms with E-state index in [2.05, 4.69) is 20.9 Å². The van der Waals surface area contributed by atoms with E-state index in [-0.39, 0.29) is 23.0 Å². The van der Waals surface area contributed by atoms with Gasteiger partial charge in [0.05, 0.1) is 36.3 Å². The molecule has 2 aromatic heterocycles. The van der Waals surface area contributed by atoms with Crippen molar-refractivity contribution in [3.8, 4) is 6.07 Å². The number of anilines is 3. The van der Waals surface area contributed by atoms with Crippen LogP contribution in [0.15, 0.2) is 24.7 Å². The smallest absolute Gasteiger partial charge is 0.410 e. The van der Waals surface area contributed by atoms with E-state index in [0.29, 0.717) is 25.3 Å². The fourth-order valence-corrected chi connectivity index (χ4v) is 6.34. The largest absolute Gasteiger partial charge is 0.444 e. The number of fused-ring (bicyclic) bond motifs is 2. The monoisotopic (exact) mass is 503 g/mol. The number of rotatable bonds is 3. The Morgan fingerprint density at radius 1 is 1.22 bits per heavy atom. The lowest BCUT2D eigenvalue weighted by Gasteiger charge is -2.45. The molecule has 0 bridgehead atoms. The van der Waals surface area contributed by atoms with Crippen LogP contribution in [-0.2, 0) is 14.9 Å². The van der Waals surface area contributed by atoms with Crippen molar-refractivity contribution in [1.82, 2.24) is 19.9 Å². The number of ether oxygens (including phenoxy) is 2. The quantitative estimate of drug-likeness (QED) is 0.623. The minimum absolute atomic E-state index is 0.0331. The molecule has 0 radical (unpaired) electrons. The summed E-state index contributed by atoms with van der Waals surface area (Å²) >= 11 is 0. The van der Waals surface area contributed by atoms with Crippen LogP contribution in [0.5, 0.6) is 0 Å². The molecule has 1 atom stereocenters. The molecule has 0 unspecified atom stereocenters. The number of pyridine rings is 1. The van der Waals surface area contributed by atoms with Gasteiger partial charge in [0.1, 0.15) is 29.4 Å². The molecular formula is C27H33N7O3. The third-order valence-electron chi connectivity index (χ3n) is 8.35. The molecule has 37 heavy (non-hydrogen) atoms. The normalized spacial score (nSPS) is 22.8. The lowest BCUT2D eigenvalue weighted by atomic mass is 9.66. The highest BCUT2D eigenvalue weighted by Gasteiger charge is 2.57. The molecule has 3 fully saturated rings. The Bertz CT molecular complexity index is 1280. The Morgan fingerprint density at radius 3 is 2.59 bits per heavy atom. The zero-order valence-electron chi connectivity index (χ0n) is 21.9. The lowest BCUT2D eigenvalue weighted by Crippen LogP contribution is -2.58. The number of likely N-dealkylation sites (N-methyl/N-ethyl adjacent to an activating group) is 1. The average molecular weight is 504 g/mol. The van der Waals surface area contributed by atoms with Crippen molar-refractivity contribution >= 4 is 23.5 Å². The summed E-state index contributed by atoms with van der Waals surface area (Å²) in [6, 6.07) is 5.71. The van der Waals surface area contributed by atoms with Crippen LogP contribution in [0, 0.1) is 16.7 Å². The van der Waals surface area contributed by atoms with Crippen molar-refractivity contribution in [2.45, 2.75) is 57.1 Å². The van der Waals surface area contributed by atoms with Crippen LogP contribution in [0.1, 0.15) is 51.2 Å². The minimum atomic E-state index is -0.558. The van der Waals surface area contributed by atoms with Gasteiger partial charge < -0.3 is 24.2 Å². The molecule has 1 amide bonds. The molecule has 10 nitrogen and oxygen atoms in total. The summed E-state index contributed by atoms with van der Waals surface area (Å²) in [6.07, 6.45) is 6.29. The van der Waals surface area contributed by atoms with E-state index in [4.69, 9.17) is 19.4 Å². The van der Waals surface area contributed by atoms with Crippen LogP contribution in [-0.4, -0.2) is 77.5 Å². The van der Waals surface area contributed by atoms with Gasteiger partial charge in [-0.2, -0.15) is 5.26 Å². The predicted molar refractivity (Wildman–Crippen MR) is 137 cm³/mol. The van der Waals surface area contributed by atoms with E-state index in [0.717, 1.165) is 49.8 Å². The van der Waals surface area contributed by atoms with Gasteiger partial charge in [-0.15, -0.1) is 0 Å². The molecule has 1 saturated carbocycles. The number of amides is 1. The van der Waals surface area contributed by atoms with Crippen molar-refractivity contribution in [2.24, 2.45) is 5.41 Å². The van der Waals surface area contributed by atoms with E-state index in [1.165, 1.54) is 5.56 Å². The summed E-state index contributed by atoms with van der Waals surface area (Å²) < 4.78 is 11.4. The molecule has 6 rings (SSSR count). The summed E-state index contributed by atoms with van der Waals surface area (Å²) in [5, 5.41) is 9.42. The molecule has 0 N–H and O–H groups in total. The van der Waals surface area contributed by atoms with Crippen molar-refractivity contribution in [3.05, 3.63) is 35.8 Å². The number of hydrogen-bond acceptors (Lipinski definition) is 9. The summed E-state index contributed by atoms with van der Waals surface area (Å²) in [5.41, 5.74) is 1.000. The molecule has 2 saturated heterocycles. The van der Waals surface area contributed by atoms with Crippen molar-refractivity contribution in [3.63, 3.8) is 0 Å². The zero-order chi connectivity index (χ0) is 26.0. The minimum Gasteiger partial charge on any atom is -0.444 e. The van der Waals surface area contributed by atoms with Gasteiger partial charge in [0, 0.05) is 43.9 Å². The molecule has 5 heterocycles. The first-order valence-electron chi connectivity index (χ1n) is 12.9. The number of hydrogen-bond donors (Lipinski definition) is 0. The number of nitrogens with zero attached hydrogens (tertiary/aromatic N) is 7. The van der Waals surface area contributed by atoms with Crippen LogP contribution < -0.4 is 9.80 Å². The Morgan fingerprint density at radius 2 is 1.97 bits per heavy atom. The second-order valence-corrected chi connectivity index (χ2v) is 12.0. The van der Waals surface area contributed by atoms with E-state index in [9.17, 15) is 10.1 Å². The van der Waals surface area contributed by atoms with Gasteiger partial charge >= 0.3 is 6.09 Å². The Balaban J connectivity index is 1.35. The van der Waals surface area contributed by atoms with Crippen LogP contribution >= 0.6 is 0 Å². The Hall–Kier alpha value is -3.45. The fraction of sp³-hybridized carbons (Fsp3) is 0.593. The topological polar surface area (TPSA) is 108 Å². The van der Waals surface area contributed by atoms with Crippen molar-refractivity contribution in [1.29, 1.82) is 5.26 Å². The highest BCUT2D eigenvalue weighted by molar-refractivity contribution is 5.75. The third-order valence-corrected chi connectivity index (χ3v) is 8.35. The van der Waals surface area contributed by atoms with Crippen molar-refractivity contribution in [2.75, 3.05) is 49.7 Å². The number of aromatic nitrogens is 3. The van der Waals surface area contributed by atoms with Gasteiger partial charge in [0.15, 0.2) is 0 Å². The molecule has 2 aromatic rings. The average Bonchev–Trinajstić information content (AvgIpc) is 3.40. The van der Waals surface area contributed by atoms with Crippen LogP contribution in [0.2, 0.25) is 0 Å². The van der Waals surface area contributed by atoms with Gasteiger partial charge in [-0.25, -0.2) is 19.7 Å². The third kappa shape index (κ3) is 3.79. The van der Waals surface area contributed by atoms with E-state index < -0.39 is 5.60 Å². The SMILES string of the molecule is CN(C(=O)OC(C)(C)C)[C@@H]1CN(c2ncnc3c2C2(CCC2)CN3c2cc(C#N)ccn2)CC12COC2. The van der Waals surface area contributed by atoms with Crippen LogP contribution in [0.3, 0.4) is 0 Å². The zero-order valence-corrected chi connectivity index (χ0v) is 21.9. The molecule has 2 spiro atoms. The van der Waals surface area contributed by atoms with E-state index >= 15 is 0 Å². The van der Waals surface area contributed by atoms with Crippen molar-refractivity contribution < 1.29 is 14.3 Å². The Labute approximate surface area is 217 Å². The highest BCUT2D eigenvalue weighted by atomic mass is 16.6. The first kappa shape index (κ1) is 23.9. The van der Waals surface area contributed by atoms with E-state index in [1.54, 1.807) is 23.5 Å². The standard InChI is InChI=1S/C27H33N7O3/c1-25(2,3)37-24(35)32(4)19-12-33(13-27(19)15-36-16-27)22-21-23(31-17-30-22)34(14-26(21)7-5-8-26)20-10-18(11-28)6-9-29-20/h6,9-10,17,19H,5,7-8,12-16H2,1-4H3/t19-/m1/s1. The summed E-state index contributed by atoms with van der Waals surface area (Å²) in [7, 11) is 1.83. The molecule has 0 aromatic carbocycles. The van der Waals surface area contributed by atoms with Gasteiger partial charge in [-0.3, -0.25) is 0 Å². The fourth-order valence-electron chi connectivity index (χ4n) is 6.34. The van der Waals surface area contributed by atoms with Crippen LogP contribution in [0.25, 0.3) is 0 Å². The summed E-state index contributed by atoms with van der Waals surface area (Å²) in [4.78, 5) is 33.3. The molecule has 3 aliphatic heterocycles.